The quantitative estimate of drug-likeness (QED) is 0.699. The lowest BCUT2D eigenvalue weighted by Crippen LogP contribution is -2.46. The number of rotatable bonds is 3. The summed E-state index contributed by atoms with van der Waals surface area (Å²) in [5.41, 5.74) is 0. The molecule has 3 atom stereocenters. The van der Waals surface area contributed by atoms with E-state index in [0.29, 0.717) is 12.0 Å². The van der Waals surface area contributed by atoms with Gasteiger partial charge >= 0.3 is 0 Å². The maximum absolute atomic E-state index is 12.2. The summed E-state index contributed by atoms with van der Waals surface area (Å²) in [5.74, 6) is 0.507. The van der Waals surface area contributed by atoms with Crippen molar-refractivity contribution in [2.75, 3.05) is 19.9 Å². The molecule has 0 spiro atoms. The number of hydrogen-bond acceptors (Lipinski definition) is 2. The Balaban J connectivity index is 2.28. The first-order valence-corrected chi connectivity index (χ1v) is 4.63. The van der Waals surface area contributed by atoms with Gasteiger partial charge < -0.3 is 10.1 Å². The van der Waals surface area contributed by atoms with E-state index < -0.39 is 0 Å². The summed E-state index contributed by atoms with van der Waals surface area (Å²) >= 11 is 0. The molecule has 1 aliphatic rings. The van der Waals surface area contributed by atoms with Crippen LogP contribution in [0, 0.1) is 5.92 Å². The molecule has 0 aromatic rings. The van der Waals surface area contributed by atoms with Crippen LogP contribution in [-0.4, -0.2) is 32.0 Å². The predicted octanol–water partition coefficient (Wildman–Crippen LogP) is 1.36. The minimum Gasteiger partial charge on any atom is -0.381 e. The molecule has 12 heavy (non-hydrogen) atoms. The molecule has 1 heterocycles. The Kier molecular flexibility index (Phi) is 3.95. The fourth-order valence-corrected chi connectivity index (χ4v) is 1.54. The van der Waals surface area contributed by atoms with Gasteiger partial charge in [-0.15, -0.1) is 0 Å². The maximum Gasteiger partial charge on any atom is 0.104 e. The Hall–Kier alpha value is -0.150. The van der Waals surface area contributed by atoms with E-state index in [1.165, 1.54) is 0 Å². The number of ether oxygens (including phenoxy) is 1. The molecule has 1 saturated heterocycles. The molecule has 1 N–H and O–H groups in total. The van der Waals surface area contributed by atoms with Crippen molar-refractivity contribution in [2.45, 2.75) is 32.4 Å². The van der Waals surface area contributed by atoms with E-state index in [-0.39, 0.29) is 12.7 Å². The highest BCUT2D eigenvalue weighted by atomic mass is 19.1. The van der Waals surface area contributed by atoms with Crippen LogP contribution in [0.5, 0.6) is 0 Å². The van der Waals surface area contributed by atoms with Crippen LogP contribution in [0.15, 0.2) is 0 Å². The first-order valence-electron chi connectivity index (χ1n) is 4.63. The summed E-state index contributed by atoms with van der Waals surface area (Å²) in [6, 6.07) is 0.417. The average molecular weight is 175 g/mol. The Morgan fingerprint density at radius 2 is 2.42 bits per heavy atom. The zero-order valence-electron chi connectivity index (χ0n) is 7.85. The van der Waals surface area contributed by atoms with Gasteiger partial charge in [-0.3, -0.25) is 0 Å². The van der Waals surface area contributed by atoms with Crippen molar-refractivity contribution in [3.8, 4) is 0 Å². The van der Waals surface area contributed by atoms with Crippen molar-refractivity contribution < 1.29 is 9.13 Å². The normalized spacial score (nSPS) is 33.2. The third-order valence-corrected chi connectivity index (χ3v) is 2.37. The van der Waals surface area contributed by atoms with Crippen molar-refractivity contribution in [2.24, 2.45) is 5.92 Å². The van der Waals surface area contributed by atoms with E-state index in [0.717, 1.165) is 19.6 Å². The monoisotopic (exact) mass is 175 g/mol. The second-order valence-corrected chi connectivity index (χ2v) is 3.67. The molecule has 3 heteroatoms. The van der Waals surface area contributed by atoms with Crippen LogP contribution in [0.4, 0.5) is 4.39 Å². The third-order valence-electron chi connectivity index (χ3n) is 2.37. The van der Waals surface area contributed by atoms with Crippen molar-refractivity contribution in [1.82, 2.24) is 5.32 Å². The lowest BCUT2D eigenvalue weighted by molar-refractivity contribution is 0.0355. The predicted molar refractivity (Wildman–Crippen MR) is 47.0 cm³/mol. The van der Waals surface area contributed by atoms with Gasteiger partial charge in [-0.25, -0.2) is 4.39 Å². The topological polar surface area (TPSA) is 21.3 Å². The highest BCUT2D eigenvalue weighted by Gasteiger charge is 2.22. The van der Waals surface area contributed by atoms with Crippen LogP contribution in [0.3, 0.4) is 0 Å². The molecule has 0 bridgehead atoms. The smallest absolute Gasteiger partial charge is 0.104 e. The van der Waals surface area contributed by atoms with E-state index in [9.17, 15) is 4.39 Å². The fraction of sp³-hybridized carbons (Fsp3) is 1.00. The van der Waals surface area contributed by atoms with Gasteiger partial charge in [0.05, 0.1) is 6.61 Å². The first kappa shape index (κ1) is 9.93. The second-order valence-electron chi connectivity index (χ2n) is 3.67. The molecule has 0 aromatic heterocycles. The van der Waals surface area contributed by atoms with Gasteiger partial charge in [0.1, 0.15) is 6.67 Å². The van der Waals surface area contributed by atoms with Crippen LogP contribution in [0.1, 0.15) is 20.3 Å². The number of nitrogens with one attached hydrogen (secondary N) is 1. The Bertz CT molecular complexity index is 132. The molecule has 1 fully saturated rings. The van der Waals surface area contributed by atoms with Crippen LogP contribution >= 0.6 is 0 Å². The summed E-state index contributed by atoms with van der Waals surface area (Å²) in [6.45, 7) is 5.34. The molecular formula is C9H18FNO. The van der Waals surface area contributed by atoms with Gasteiger partial charge in [-0.1, -0.05) is 6.92 Å². The van der Waals surface area contributed by atoms with E-state index in [1.54, 1.807) is 0 Å². The Morgan fingerprint density at radius 3 is 3.00 bits per heavy atom. The standard InChI is InChI=1S/C9H18FNO/c1-7-6-12-4-3-9(7)11-8(2)5-10/h7-9,11H,3-6H2,1-2H3. The average Bonchev–Trinajstić information content (AvgIpc) is 2.09. The number of alkyl halides is 1. The summed E-state index contributed by atoms with van der Waals surface area (Å²) in [5, 5.41) is 3.26. The van der Waals surface area contributed by atoms with Gasteiger partial charge in [-0.05, 0) is 19.3 Å². The lowest BCUT2D eigenvalue weighted by atomic mass is 9.97. The minimum atomic E-state index is -0.288. The fourth-order valence-electron chi connectivity index (χ4n) is 1.54. The van der Waals surface area contributed by atoms with Crippen LogP contribution in [-0.2, 0) is 4.74 Å². The Morgan fingerprint density at radius 1 is 1.67 bits per heavy atom. The molecule has 0 saturated carbocycles. The molecule has 1 rings (SSSR count). The second kappa shape index (κ2) is 4.77. The van der Waals surface area contributed by atoms with Crippen molar-refractivity contribution in [3.63, 3.8) is 0 Å². The van der Waals surface area contributed by atoms with Gasteiger partial charge in [-0.2, -0.15) is 0 Å². The zero-order chi connectivity index (χ0) is 8.97. The van der Waals surface area contributed by atoms with E-state index in [1.807, 2.05) is 6.92 Å². The van der Waals surface area contributed by atoms with Gasteiger partial charge in [0.2, 0.25) is 0 Å². The van der Waals surface area contributed by atoms with Gasteiger partial charge in [0, 0.05) is 18.7 Å². The summed E-state index contributed by atoms with van der Waals surface area (Å²) < 4.78 is 17.5. The molecule has 1 aliphatic heterocycles. The zero-order valence-corrected chi connectivity index (χ0v) is 7.85. The first-order chi connectivity index (χ1) is 5.74. The van der Waals surface area contributed by atoms with Gasteiger partial charge in [0.15, 0.2) is 0 Å². The molecule has 0 aliphatic carbocycles. The lowest BCUT2D eigenvalue weighted by Gasteiger charge is -2.31. The number of halogens is 1. The van der Waals surface area contributed by atoms with Gasteiger partial charge in [0.25, 0.3) is 0 Å². The molecule has 72 valence electrons. The molecule has 2 nitrogen and oxygen atoms in total. The summed E-state index contributed by atoms with van der Waals surface area (Å²) in [6.07, 6.45) is 1.01. The summed E-state index contributed by atoms with van der Waals surface area (Å²) in [4.78, 5) is 0. The number of hydrogen-bond donors (Lipinski definition) is 1. The van der Waals surface area contributed by atoms with Crippen LogP contribution in [0.25, 0.3) is 0 Å². The van der Waals surface area contributed by atoms with E-state index in [2.05, 4.69) is 12.2 Å². The highest BCUT2D eigenvalue weighted by molar-refractivity contribution is 4.78. The SMILES string of the molecule is CC(CF)NC1CCOCC1C. The minimum absolute atomic E-state index is 0.0180. The van der Waals surface area contributed by atoms with Crippen molar-refractivity contribution in [1.29, 1.82) is 0 Å². The van der Waals surface area contributed by atoms with Crippen LogP contribution < -0.4 is 5.32 Å². The molecule has 0 amide bonds. The molecular weight excluding hydrogens is 157 g/mol. The third kappa shape index (κ3) is 2.72. The van der Waals surface area contributed by atoms with Crippen molar-refractivity contribution >= 4 is 0 Å². The molecule has 0 radical (unpaired) electrons. The Labute approximate surface area is 73.5 Å². The largest absolute Gasteiger partial charge is 0.381 e. The van der Waals surface area contributed by atoms with Crippen molar-refractivity contribution in [3.05, 3.63) is 0 Å². The summed E-state index contributed by atoms with van der Waals surface area (Å²) in [7, 11) is 0. The van der Waals surface area contributed by atoms with Crippen LogP contribution in [0.2, 0.25) is 0 Å². The molecule has 0 aromatic carbocycles. The van der Waals surface area contributed by atoms with E-state index >= 15 is 0 Å². The molecule has 3 unspecified atom stereocenters. The maximum atomic E-state index is 12.2. The van der Waals surface area contributed by atoms with E-state index in [4.69, 9.17) is 4.74 Å². The highest BCUT2D eigenvalue weighted by Crippen LogP contribution is 2.14.